The van der Waals surface area contributed by atoms with Crippen molar-refractivity contribution in [2.24, 2.45) is 4.99 Å². The largest absolute Gasteiger partial charge is 0.493 e. The van der Waals surface area contributed by atoms with Gasteiger partial charge in [0, 0.05) is 4.47 Å². The Morgan fingerprint density at radius 1 is 1.03 bits per heavy atom. The molecule has 32 heavy (non-hydrogen) atoms. The topological polar surface area (TPSA) is 77.0 Å². The second-order valence-corrected chi connectivity index (χ2v) is 8.57. The highest BCUT2D eigenvalue weighted by Gasteiger charge is 2.24. The molecule has 1 amide bonds. The highest BCUT2D eigenvalue weighted by molar-refractivity contribution is 9.10. The van der Waals surface area contributed by atoms with E-state index in [2.05, 4.69) is 26.2 Å². The molecule has 1 aliphatic heterocycles. The Kier molecular flexibility index (Phi) is 6.72. The fraction of sp³-hybridized carbons (Fsp3) is 0.0417. The van der Waals surface area contributed by atoms with Crippen LogP contribution in [0.4, 0.5) is 5.69 Å². The van der Waals surface area contributed by atoms with Gasteiger partial charge in [-0.15, -0.1) is 0 Å². The lowest BCUT2D eigenvalue weighted by molar-refractivity contribution is -0.115. The van der Waals surface area contributed by atoms with Crippen molar-refractivity contribution in [3.05, 3.63) is 93.3 Å². The second kappa shape index (κ2) is 9.84. The van der Waals surface area contributed by atoms with E-state index in [4.69, 9.17) is 9.47 Å². The molecular formula is C24H17BrN2O4S. The molecule has 0 aliphatic carbocycles. The lowest BCUT2D eigenvalue weighted by atomic mass is 10.2. The summed E-state index contributed by atoms with van der Waals surface area (Å²) in [6.45, 7) is 0. The molecule has 1 heterocycles. The van der Waals surface area contributed by atoms with Gasteiger partial charge < -0.3 is 14.8 Å². The van der Waals surface area contributed by atoms with Gasteiger partial charge in [0.15, 0.2) is 16.7 Å². The molecule has 8 heteroatoms. The van der Waals surface area contributed by atoms with Gasteiger partial charge in [-0.05, 0) is 65.9 Å². The number of rotatable bonds is 5. The number of amides is 1. The minimum absolute atomic E-state index is 0.228. The van der Waals surface area contributed by atoms with E-state index >= 15 is 0 Å². The number of nitrogens with zero attached hydrogens (tertiary/aromatic N) is 1. The molecule has 3 aromatic rings. The van der Waals surface area contributed by atoms with Gasteiger partial charge in [-0.1, -0.05) is 46.3 Å². The van der Waals surface area contributed by atoms with E-state index in [1.807, 2.05) is 36.4 Å². The first-order chi connectivity index (χ1) is 15.5. The summed E-state index contributed by atoms with van der Waals surface area (Å²) in [4.78, 5) is 29.7. The molecular weight excluding hydrogens is 492 g/mol. The number of hydrogen-bond acceptors (Lipinski definition) is 6. The van der Waals surface area contributed by atoms with Crippen LogP contribution in [-0.2, 0) is 4.79 Å². The third kappa shape index (κ3) is 5.27. The van der Waals surface area contributed by atoms with Crippen molar-refractivity contribution < 1.29 is 19.1 Å². The summed E-state index contributed by atoms with van der Waals surface area (Å²) in [5, 5.41) is 3.28. The smallest absolute Gasteiger partial charge is 0.343 e. The van der Waals surface area contributed by atoms with Crippen LogP contribution >= 0.6 is 27.7 Å². The maximum atomic E-state index is 12.4. The summed E-state index contributed by atoms with van der Waals surface area (Å²) in [5.41, 5.74) is 1.90. The minimum atomic E-state index is -0.497. The van der Waals surface area contributed by atoms with E-state index < -0.39 is 5.97 Å². The van der Waals surface area contributed by atoms with E-state index in [0.717, 1.165) is 15.7 Å². The van der Waals surface area contributed by atoms with Crippen molar-refractivity contribution in [2.45, 2.75) is 0 Å². The number of benzene rings is 3. The average Bonchev–Trinajstić information content (AvgIpc) is 3.13. The van der Waals surface area contributed by atoms with Crippen molar-refractivity contribution in [1.29, 1.82) is 0 Å². The highest BCUT2D eigenvalue weighted by atomic mass is 79.9. The number of hydrogen-bond donors (Lipinski definition) is 1. The molecule has 0 radical (unpaired) electrons. The van der Waals surface area contributed by atoms with Gasteiger partial charge in [-0.3, -0.25) is 4.79 Å². The minimum Gasteiger partial charge on any atom is -0.493 e. The fourth-order valence-corrected chi connectivity index (χ4v) is 4.13. The molecule has 160 valence electrons. The number of nitrogens with one attached hydrogen (secondary N) is 1. The van der Waals surface area contributed by atoms with E-state index in [0.29, 0.717) is 21.4 Å². The molecule has 0 spiro atoms. The number of amidine groups is 1. The quantitative estimate of drug-likeness (QED) is 0.277. The number of halogens is 1. The summed E-state index contributed by atoms with van der Waals surface area (Å²) in [6, 6.07) is 21.4. The Balaban J connectivity index is 1.52. The molecule has 0 unspecified atom stereocenters. The Morgan fingerprint density at radius 2 is 1.84 bits per heavy atom. The standard InChI is InChI=1S/C24H17BrN2O4S/c1-30-20-12-15(10-11-19(20)31-23(29)16-6-5-7-17(25)14-16)13-21-22(28)27-24(32-21)26-18-8-3-2-4-9-18/h2-14H,1H3,(H,26,27,28)/b21-13+. The third-order valence-electron chi connectivity index (χ3n) is 4.39. The highest BCUT2D eigenvalue weighted by Crippen LogP contribution is 2.32. The predicted molar refractivity (Wildman–Crippen MR) is 129 cm³/mol. The van der Waals surface area contributed by atoms with E-state index in [1.165, 1.54) is 18.9 Å². The molecule has 3 aromatic carbocycles. The fourth-order valence-electron chi connectivity index (χ4n) is 2.88. The molecule has 0 bridgehead atoms. The van der Waals surface area contributed by atoms with Crippen LogP contribution in [0.5, 0.6) is 11.5 Å². The molecule has 0 aromatic heterocycles. The zero-order valence-corrected chi connectivity index (χ0v) is 19.3. The molecule has 0 atom stereocenters. The number of para-hydroxylation sites is 1. The number of thioether (sulfide) groups is 1. The van der Waals surface area contributed by atoms with Crippen molar-refractivity contribution in [3.63, 3.8) is 0 Å². The number of carbonyl (C=O) groups excluding carboxylic acids is 2. The predicted octanol–water partition coefficient (Wildman–Crippen LogP) is 5.57. The number of carbonyl (C=O) groups is 2. The van der Waals surface area contributed by atoms with E-state index in [1.54, 1.807) is 42.5 Å². The Hall–Kier alpha value is -3.36. The zero-order chi connectivity index (χ0) is 22.5. The van der Waals surface area contributed by atoms with Crippen LogP contribution in [-0.4, -0.2) is 24.2 Å². The van der Waals surface area contributed by atoms with Crippen LogP contribution < -0.4 is 14.8 Å². The molecule has 0 saturated carbocycles. The van der Waals surface area contributed by atoms with Crippen molar-refractivity contribution in [2.75, 3.05) is 7.11 Å². The Labute approximate surface area is 197 Å². The van der Waals surface area contributed by atoms with Gasteiger partial charge in [-0.25, -0.2) is 9.79 Å². The van der Waals surface area contributed by atoms with E-state index in [-0.39, 0.29) is 11.7 Å². The molecule has 1 fully saturated rings. The average molecular weight is 509 g/mol. The van der Waals surface area contributed by atoms with Crippen LogP contribution in [0, 0.1) is 0 Å². The molecule has 4 rings (SSSR count). The Morgan fingerprint density at radius 3 is 2.59 bits per heavy atom. The van der Waals surface area contributed by atoms with Gasteiger partial charge in [0.2, 0.25) is 0 Å². The van der Waals surface area contributed by atoms with Crippen molar-refractivity contribution in [1.82, 2.24) is 5.32 Å². The molecule has 6 nitrogen and oxygen atoms in total. The van der Waals surface area contributed by atoms with Crippen LogP contribution in [0.1, 0.15) is 15.9 Å². The number of methoxy groups -OCH3 is 1. The SMILES string of the molecule is COc1cc(/C=C2/SC(=Nc3ccccc3)NC2=O)ccc1OC(=O)c1cccc(Br)c1. The first-order valence-corrected chi connectivity index (χ1v) is 11.1. The van der Waals surface area contributed by atoms with Crippen LogP contribution in [0.2, 0.25) is 0 Å². The summed E-state index contributed by atoms with van der Waals surface area (Å²) >= 11 is 4.60. The van der Waals surface area contributed by atoms with Crippen molar-refractivity contribution in [3.8, 4) is 11.5 Å². The first-order valence-electron chi connectivity index (χ1n) is 9.52. The summed E-state index contributed by atoms with van der Waals surface area (Å²) in [6.07, 6.45) is 1.73. The number of aliphatic imine (C=N–C) groups is 1. The summed E-state index contributed by atoms with van der Waals surface area (Å²) in [5.74, 6) is -0.0595. The molecule has 1 aliphatic rings. The zero-order valence-electron chi connectivity index (χ0n) is 16.9. The van der Waals surface area contributed by atoms with Gasteiger partial charge in [0.1, 0.15) is 0 Å². The maximum Gasteiger partial charge on any atom is 0.343 e. The first kappa shape index (κ1) is 21.9. The summed E-state index contributed by atoms with van der Waals surface area (Å²) in [7, 11) is 1.49. The number of esters is 1. The monoisotopic (exact) mass is 508 g/mol. The maximum absolute atomic E-state index is 12.4. The molecule has 1 N–H and O–H groups in total. The third-order valence-corrected chi connectivity index (χ3v) is 5.79. The van der Waals surface area contributed by atoms with Crippen LogP contribution in [0.15, 0.2) is 87.2 Å². The van der Waals surface area contributed by atoms with Crippen LogP contribution in [0.25, 0.3) is 6.08 Å². The van der Waals surface area contributed by atoms with Gasteiger partial charge in [0.25, 0.3) is 5.91 Å². The van der Waals surface area contributed by atoms with Crippen molar-refractivity contribution >= 4 is 56.5 Å². The Bertz CT molecular complexity index is 1240. The molecule has 1 saturated heterocycles. The lowest BCUT2D eigenvalue weighted by Crippen LogP contribution is -2.19. The van der Waals surface area contributed by atoms with Gasteiger partial charge in [0.05, 0.1) is 23.3 Å². The lowest BCUT2D eigenvalue weighted by Gasteiger charge is -2.10. The van der Waals surface area contributed by atoms with Gasteiger partial charge in [-0.2, -0.15) is 0 Å². The van der Waals surface area contributed by atoms with Gasteiger partial charge >= 0.3 is 5.97 Å². The van der Waals surface area contributed by atoms with Crippen LogP contribution in [0.3, 0.4) is 0 Å². The summed E-state index contributed by atoms with van der Waals surface area (Å²) < 4.78 is 11.7. The normalized spacial score (nSPS) is 15.6. The van der Waals surface area contributed by atoms with E-state index in [9.17, 15) is 9.59 Å². The second-order valence-electron chi connectivity index (χ2n) is 6.63. The number of ether oxygens (including phenoxy) is 2.